The Morgan fingerprint density at radius 3 is 2.08 bits per heavy atom. The summed E-state index contributed by atoms with van der Waals surface area (Å²) < 4.78 is 45.6. The summed E-state index contributed by atoms with van der Waals surface area (Å²) in [5.41, 5.74) is 0. The molecule has 12 heavy (non-hydrogen) atoms. The normalized spacial score (nSPS) is 19.4. The third kappa shape index (κ3) is 4.03. The van der Waals surface area contributed by atoms with Crippen molar-refractivity contribution in [2.24, 2.45) is 0 Å². The van der Waals surface area contributed by atoms with Gasteiger partial charge in [0.25, 0.3) is 0 Å². The van der Waals surface area contributed by atoms with Gasteiger partial charge in [0.15, 0.2) is 14.9 Å². The van der Waals surface area contributed by atoms with E-state index in [-0.39, 0.29) is 6.04 Å². The molecule has 0 aromatic carbocycles. The fourth-order valence-electron chi connectivity index (χ4n) is 0.771. The zero-order chi connectivity index (χ0) is 9.41. The molecule has 0 heterocycles. The van der Waals surface area contributed by atoms with Gasteiger partial charge in [-0.3, -0.25) is 0 Å². The quantitative estimate of drug-likeness (QED) is 0.654. The van der Waals surface area contributed by atoms with Gasteiger partial charge in [0.2, 0.25) is 10.0 Å². The van der Waals surface area contributed by atoms with Crippen LogP contribution in [0.2, 0.25) is 0 Å². The zero-order valence-corrected chi connectivity index (χ0v) is 8.28. The van der Waals surface area contributed by atoms with Crippen molar-refractivity contribution < 1.29 is 16.8 Å². The van der Waals surface area contributed by atoms with Crippen LogP contribution in [0.25, 0.3) is 0 Å². The van der Waals surface area contributed by atoms with Crippen molar-refractivity contribution in [3.8, 4) is 0 Å². The Labute approximate surface area is 72.1 Å². The van der Waals surface area contributed by atoms with Gasteiger partial charge in [-0.25, -0.2) is 21.6 Å². The molecule has 1 aliphatic rings. The van der Waals surface area contributed by atoms with Crippen LogP contribution in [-0.4, -0.2) is 34.2 Å². The molecule has 0 radical (unpaired) electrons. The average molecular weight is 213 g/mol. The molecule has 0 aromatic rings. The second kappa shape index (κ2) is 2.97. The second-order valence-corrected chi connectivity index (χ2v) is 7.31. The predicted molar refractivity (Wildman–Crippen MR) is 44.8 cm³/mol. The molecular formula is C5H11NO4S2. The molecule has 1 N–H and O–H groups in total. The Balaban J connectivity index is 2.59. The summed E-state index contributed by atoms with van der Waals surface area (Å²) in [5.74, 6) is 0. The smallest absolute Gasteiger partial charge is 0.226 e. The lowest BCUT2D eigenvalue weighted by Gasteiger charge is -2.02. The highest BCUT2D eigenvalue weighted by molar-refractivity contribution is 8.06. The van der Waals surface area contributed by atoms with E-state index in [2.05, 4.69) is 4.72 Å². The van der Waals surface area contributed by atoms with Crippen molar-refractivity contribution in [1.29, 1.82) is 0 Å². The fourth-order valence-corrected chi connectivity index (χ4v) is 4.04. The highest BCUT2D eigenvalue weighted by atomic mass is 32.3. The van der Waals surface area contributed by atoms with Gasteiger partial charge < -0.3 is 0 Å². The van der Waals surface area contributed by atoms with Crippen LogP contribution < -0.4 is 4.72 Å². The van der Waals surface area contributed by atoms with Crippen molar-refractivity contribution in [2.75, 3.05) is 11.3 Å². The fraction of sp³-hybridized carbons (Fsp3) is 1.00. The second-order valence-electron chi connectivity index (χ2n) is 3.05. The zero-order valence-electron chi connectivity index (χ0n) is 6.65. The number of hydrogen-bond acceptors (Lipinski definition) is 4. The Morgan fingerprint density at radius 2 is 1.75 bits per heavy atom. The van der Waals surface area contributed by atoms with Crippen molar-refractivity contribution in [3.63, 3.8) is 0 Å². The van der Waals surface area contributed by atoms with Crippen molar-refractivity contribution in [2.45, 2.75) is 18.9 Å². The minimum atomic E-state index is -3.61. The number of sulfonamides is 1. The van der Waals surface area contributed by atoms with Gasteiger partial charge in [-0.1, -0.05) is 0 Å². The summed E-state index contributed by atoms with van der Waals surface area (Å²) in [7, 11) is -7.06. The Bertz CT molecular complexity index is 351. The standard InChI is InChI=1S/C5H11NO4S2/c1-11(7,8)4-12(9,10)6-5-2-3-5/h5-6H,2-4H2,1H3. The SMILES string of the molecule is CS(=O)(=O)CS(=O)(=O)NC1CC1. The summed E-state index contributed by atoms with van der Waals surface area (Å²) in [6.45, 7) is 0. The van der Waals surface area contributed by atoms with Crippen LogP contribution in [0.4, 0.5) is 0 Å². The van der Waals surface area contributed by atoms with E-state index < -0.39 is 24.9 Å². The summed E-state index contributed by atoms with van der Waals surface area (Å²) in [6, 6.07) is -0.0308. The van der Waals surface area contributed by atoms with Crippen LogP contribution in [0, 0.1) is 0 Å². The van der Waals surface area contributed by atoms with Crippen LogP contribution in [0.15, 0.2) is 0 Å². The Hall–Kier alpha value is -0.140. The molecule has 1 aliphatic carbocycles. The average Bonchev–Trinajstić information content (AvgIpc) is 2.39. The lowest BCUT2D eigenvalue weighted by Crippen LogP contribution is -2.31. The van der Waals surface area contributed by atoms with Crippen LogP contribution in [0.5, 0.6) is 0 Å². The molecule has 5 nitrogen and oxygen atoms in total. The largest absolute Gasteiger partial charge is 0.228 e. The molecule has 0 aromatic heterocycles. The van der Waals surface area contributed by atoms with Crippen molar-refractivity contribution >= 4 is 19.9 Å². The molecular weight excluding hydrogens is 202 g/mol. The van der Waals surface area contributed by atoms with E-state index in [1.165, 1.54) is 0 Å². The van der Waals surface area contributed by atoms with Crippen molar-refractivity contribution in [1.82, 2.24) is 4.72 Å². The van der Waals surface area contributed by atoms with Gasteiger partial charge >= 0.3 is 0 Å². The van der Waals surface area contributed by atoms with Crippen molar-refractivity contribution in [3.05, 3.63) is 0 Å². The maximum absolute atomic E-state index is 11.0. The first kappa shape index (κ1) is 9.94. The first-order valence-corrected chi connectivity index (χ1v) is 7.17. The van der Waals surface area contributed by atoms with E-state index in [0.29, 0.717) is 0 Å². The third-order valence-corrected chi connectivity index (χ3v) is 4.94. The third-order valence-electron chi connectivity index (χ3n) is 1.29. The van der Waals surface area contributed by atoms with Crippen LogP contribution in [0.3, 0.4) is 0 Å². The molecule has 0 unspecified atom stereocenters. The van der Waals surface area contributed by atoms with Crippen LogP contribution >= 0.6 is 0 Å². The molecule has 0 atom stereocenters. The number of nitrogens with one attached hydrogen (secondary N) is 1. The van der Waals surface area contributed by atoms with Gasteiger partial charge in [-0.15, -0.1) is 0 Å². The molecule has 0 amide bonds. The topological polar surface area (TPSA) is 80.3 Å². The molecule has 1 rings (SSSR count). The number of hydrogen-bond donors (Lipinski definition) is 1. The Kier molecular flexibility index (Phi) is 2.46. The van der Waals surface area contributed by atoms with Gasteiger partial charge in [0, 0.05) is 12.3 Å². The van der Waals surface area contributed by atoms with Gasteiger partial charge in [0.1, 0.15) is 0 Å². The number of rotatable bonds is 4. The summed E-state index contributed by atoms with van der Waals surface area (Å²) in [4.78, 5) is 0. The minimum Gasteiger partial charge on any atom is -0.228 e. The molecule has 0 aliphatic heterocycles. The highest BCUT2D eigenvalue weighted by Crippen LogP contribution is 2.19. The van der Waals surface area contributed by atoms with Gasteiger partial charge in [-0.05, 0) is 12.8 Å². The molecule has 72 valence electrons. The molecule has 0 bridgehead atoms. The van der Waals surface area contributed by atoms with Gasteiger partial charge in [0.05, 0.1) is 0 Å². The van der Waals surface area contributed by atoms with E-state index in [1.54, 1.807) is 0 Å². The van der Waals surface area contributed by atoms with E-state index in [1.807, 2.05) is 0 Å². The monoisotopic (exact) mass is 213 g/mol. The molecule has 0 spiro atoms. The summed E-state index contributed by atoms with van der Waals surface area (Å²) in [5, 5.41) is -0.809. The van der Waals surface area contributed by atoms with Gasteiger partial charge in [-0.2, -0.15) is 0 Å². The van der Waals surface area contributed by atoms with E-state index in [9.17, 15) is 16.8 Å². The predicted octanol–water partition coefficient (Wildman–Crippen LogP) is -0.930. The van der Waals surface area contributed by atoms with E-state index in [4.69, 9.17) is 0 Å². The molecule has 0 saturated heterocycles. The van der Waals surface area contributed by atoms with Crippen LogP contribution in [0.1, 0.15) is 12.8 Å². The van der Waals surface area contributed by atoms with E-state index >= 15 is 0 Å². The Morgan fingerprint density at radius 1 is 1.25 bits per heavy atom. The number of sulfone groups is 1. The van der Waals surface area contributed by atoms with Crippen LogP contribution in [-0.2, 0) is 19.9 Å². The first-order valence-electron chi connectivity index (χ1n) is 3.46. The highest BCUT2D eigenvalue weighted by Gasteiger charge is 2.28. The lowest BCUT2D eigenvalue weighted by molar-refractivity contribution is 0.580. The first-order chi connectivity index (χ1) is 5.29. The van der Waals surface area contributed by atoms with E-state index in [0.717, 1.165) is 19.1 Å². The molecule has 1 fully saturated rings. The molecule has 7 heteroatoms. The lowest BCUT2D eigenvalue weighted by atomic mass is 10.8. The molecule has 1 saturated carbocycles. The minimum absolute atomic E-state index is 0.0308. The summed E-state index contributed by atoms with van der Waals surface area (Å²) >= 11 is 0. The maximum Gasteiger partial charge on any atom is 0.226 e. The maximum atomic E-state index is 11.0. The summed E-state index contributed by atoms with van der Waals surface area (Å²) in [6.07, 6.45) is 2.52.